The third-order valence-electron chi connectivity index (χ3n) is 4.90. The van der Waals surface area contributed by atoms with Gasteiger partial charge in [-0.25, -0.2) is 15.0 Å². The number of nitrogens with zero attached hydrogens (tertiary/aromatic N) is 4. The lowest BCUT2D eigenvalue weighted by Crippen LogP contribution is -2.12. The van der Waals surface area contributed by atoms with Gasteiger partial charge in [0, 0.05) is 11.4 Å². The van der Waals surface area contributed by atoms with Gasteiger partial charge in [-0.2, -0.15) is 0 Å². The molecule has 2 N–H and O–H groups in total. The van der Waals surface area contributed by atoms with E-state index in [0.717, 1.165) is 39.9 Å². The molecule has 0 amide bonds. The van der Waals surface area contributed by atoms with E-state index in [0.29, 0.717) is 12.5 Å². The highest BCUT2D eigenvalue weighted by molar-refractivity contribution is 7.18. The fourth-order valence-corrected chi connectivity index (χ4v) is 4.99. The van der Waals surface area contributed by atoms with Crippen molar-refractivity contribution in [1.82, 2.24) is 19.5 Å². The molecule has 0 saturated heterocycles. The van der Waals surface area contributed by atoms with Gasteiger partial charge < -0.3 is 10.4 Å². The molecule has 3 heterocycles. The molecule has 1 aliphatic rings. The Hall–Kier alpha value is -2.51. The number of imidazole rings is 1. The van der Waals surface area contributed by atoms with Gasteiger partial charge in [0.2, 0.25) is 5.95 Å². The van der Waals surface area contributed by atoms with E-state index in [1.165, 1.54) is 23.3 Å². The Morgan fingerprint density at radius 3 is 2.96 bits per heavy atom. The number of hydrogen-bond donors (Lipinski definition) is 2. The Morgan fingerprint density at radius 2 is 2.04 bits per heavy atom. The van der Waals surface area contributed by atoms with E-state index in [-0.39, 0.29) is 6.61 Å². The lowest BCUT2D eigenvalue weighted by atomic mass is 9.97. The maximum absolute atomic E-state index is 9.24. The molecule has 0 aliphatic heterocycles. The molecule has 0 fully saturated rings. The van der Waals surface area contributed by atoms with Crippen molar-refractivity contribution in [2.75, 3.05) is 18.5 Å². The summed E-state index contributed by atoms with van der Waals surface area (Å²) in [4.78, 5) is 16.4. The molecule has 0 radical (unpaired) electrons. The predicted molar refractivity (Wildman–Crippen MR) is 104 cm³/mol. The normalized spacial score (nSPS) is 14.0. The molecule has 0 atom stereocenters. The van der Waals surface area contributed by atoms with E-state index in [2.05, 4.69) is 25.9 Å². The summed E-state index contributed by atoms with van der Waals surface area (Å²) in [7, 11) is 0. The van der Waals surface area contributed by atoms with Crippen molar-refractivity contribution in [3.05, 3.63) is 41.0 Å². The van der Waals surface area contributed by atoms with Crippen LogP contribution in [-0.4, -0.2) is 37.8 Å². The van der Waals surface area contributed by atoms with Gasteiger partial charge >= 0.3 is 0 Å². The van der Waals surface area contributed by atoms with Crippen LogP contribution in [0, 0.1) is 0 Å². The lowest BCUT2D eigenvalue weighted by Gasteiger charge is -2.14. The molecule has 0 spiro atoms. The van der Waals surface area contributed by atoms with Crippen LogP contribution >= 0.6 is 11.3 Å². The highest BCUT2D eigenvalue weighted by atomic mass is 32.1. The van der Waals surface area contributed by atoms with Crippen molar-refractivity contribution in [2.24, 2.45) is 0 Å². The van der Waals surface area contributed by atoms with E-state index >= 15 is 0 Å². The van der Waals surface area contributed by atoms with Crippen LogP contribution in [0.4, 0.5) is 5.95 Å². The quantitative estimate of drug-likeness (QED) is 0.580. The van der Waals surface area contributed by atoms with Crippen LogP contribution in [0.5, 0.6) is 0 Å². The van der Waals surface area contributed by atoms with Gasteiger partial charge in [-0.05, 0) is 43.4 Å². The molecule has 3 aromatic heterocycles. The molecule has 0 saturated carbocycles. The van der Waals surface area contributed by atoms with Crippen LogP contribution < -0.4 is 5.32 Å². The first kappa shape index (κ1) is 15.7. The van der Waals surface area contributed by atoms with Crippen LogP contribution in [0.1, 0.15) is 23.3 Å². The minimum absolute atomic E-state index is 0.0518. The third kappa shape index (κ3) is 2.39. The van der Waals surface area contributed by atoms with Crippen LogP contribution in [0.3, 0.4) is 0 Å². The SMILES string of the molecule is OCCNc1nc2ccccc2n1-c1ncnc2sc3c(c12)CCCC3. The average molecular weight is 365 g/mol. The molecular formula is C19H19N5OS. The Morgan fingerprint density at radius 1 is 1.15 bits per heavy atom. The van der Waals surface area contributed by atoms with Crippen LogP contribution in [0.2, 0.25) is 0 Å². The Balaban J connectivity index is 1.81. The number of fused-ring (bicyclic) bond motifs is 4. The highest BCUT2D eigenvalue weighted by Gasteiger charge is 2.23. The maximum Gasteiger partial charge on any atom is 0.209 e. The van der Waals surface area contributed by atoms with Crippen molar-refractivity contribution >= 4 is 38.5 Å². The molecule has 132 valence electrons. The zero-order valence-corrected chi connectivity index (χ0v) is 15.1. The number of rotatable bonds is 4. The monoisotopic (exact) mass is 365 g/mol. The lowest BCUT2D eigenvalue weighted by molar-refractivity contribution is 0.310. The Labute approximate surface area is 154 Å². The molecule has 1 aliphatic carbocycles. The molecule has 0 unspecified atom stereocenters. The highest BCUT2D eigenvalue weighted by Crippen LogP contribution is 2.39. The number of aliphatic hydroxyl groups is 1. The fraction of sp³-hybridized carbons (Fsp3) is 0.316. The standard InChI is InChI=1S/C19H19N5OS/c25-10-9-20-19-23-13-6-2-3-7-14(13)24(19)17-16-12-5-1-4-8-15(12)26-18(16)22-11-21-17/h2-3,6-7,11,25H,1,4-5,8-10H2,(H,20,23). The third-order valence-corrected chi connectivity index (χ3v) is 6.10. The number of aliphatic hydroxyl groups excluding tert-OH is 1. The molecule has 4 aromatic rings. The van der Waals surface area contributed by atoms with Crippen molar-refractivity contribution < 1.29 is 5.11 Å². The van der Waals surface area contributed by atoms with Gasteiger partial charge in [0.25, 0.3) is 0 Å². The summed E-state index contributed by atoms with van der Waals surface area (Å²) < 4.78 is 2.07. The van der Waals surface area contributed by atoms with E-state index in [9.17, 15) is 5.11 Å². The fourth-order valence-electron chi connectivity index (χ4n) is 3.77. The molecule has 0 bridgehead atoms. The van der Waals surface area contributed by atoms with Crippen LogP contribution in [-0.2, 0) is 12.8 Å². The van der Waals surface area contributed by atoms with Crippen molar-refractivity contribution in [2.45, 2.75) is 25.7 Å². The van der Waals surface area contributed by atoms with Gasteiger partial charge in [0.05, 0.1) is 23.0 Å². The smallest absolute Gasteiger partial charge is 0.209 e. The Kier molecular flexibility index (Phi) is 3.83. The summed E-state index contributed by atoms with van der Waals surface area (Å²) in [5.41, 5.74) is 3.31. The molecule has 1 aromatic carbocycles. The number of nitrogens with one attached hydrogen (secondary N) is 1. The van der Waals surface area contributed by atoms with Crippen LogP contribution in [0.15, 0.2) is 30.6 Å². The summed E-state index contributed by atoms with van der Waals surface area (Å²) in [6.07, 6.45) is 6.33. The first-order chi connectivity index (χ1) is 12.9. The first-order valence-electron chi connectivity index (χ1n) is 8.94. The van der Waals surface area contributed by atoms with E-state index in [1.54, 1.807) is 17.7 Å². The van der Waals surface area contributed by atoms with Gasteiger partial charge in [0.1, 0.15) is 11.2 Å². The van der Waals surface area contributed by atoms with Gasteiger partial charge in [-0.1, -0.05) is 12.1 Å². The maximum atomic E-state index is 9.24. The summed E-state index contributed by atoms with van der Waals surface area (Å²) >= 11 is 1.80. The van der Waals surface area contributed by atoms with Crippen molar-refractivity contribution in [1.29, 1.82) is 0 Å². The number of aryl methyl sites for hydroxylation is 2. The van der Waals surface area contributed by atoms with E-state index in [4.69, 9.17) is 4.98 Å². The molecule has 7 heteroatoms. The molecule has 5 rings (SSSR count). The second kappa shape index (κ2) is 6.34. The topological polar surface area (TPSA) is 75.9 Å². The van der Waals surface area contributed by atoms with E-state index < -0.39 is 0 Å². The number of para-hydroxylation sites is 2. The minimum Gasteiger partial charge on any atom is -0.395 e. The van der Waals surface area contributed by atoms with Crippen molar-refractivity contribution in [3.63, 3.8) is 0 Å². The van der Waals surface area contributed by atoms with Gasteiger partial charge in [-0.15, -0.1) is 11.3 Å². The average Bonchev–Trinajstić information content (AvgIpc) is 3.24. The van der Waals surface area contributed by atoms with Gasteiger partial charge in [0.15, 0.2) is 5.82 Å². The van der Waals surface area contributed by atoms with E-state index in [1.807, 2.05) is 18.2 Å². The number of aromatic nitrogens is 4. The first-order valence-corrected chi connectivity index (χ1v) is 9.76. The second-order valence-corrected chi connectivity index (χ2v) is 7.58. The number of thiophene rings is 1. The zero-order chi connectivity index (χ0) is 17.5. The van der Waals surface area contributed by atoms with Crippen molar-refractivity contribution in [3.8, 4) is 5.82 Å². The molecular weight excluding hydrogens is 346 g/mol. The summed E-state index contributed by atoms with van der Waals surface area (Å²) in [6.45, 7) is 0.496. The number of anilines is 1. The number of benzene rings is 1. The second-order valence-electron chi connectivity index (χ2n) is 6.50. The Bertz CT molecular complexity index is 1100. The number of hydrogen-bond acceptors (Lipinski definition) is 6. The predicted octanol–water partition coefficient (Wildman–Crippen LogP) is 3.31. The zero-order valence-electron chi connectivity index (χ0n) is 14.3. The summed E-state index contributed by atoms with van der Waals surface area (Å²) in [5.74, 6) is 1.58. The van der Waals surface area contributed by atoms with Gasteiger partial charge in [-0.3, -0.25) is 4.57 Å². The van der Waals surface area contributed by atoms with Crippen LogP contribution in [0.25, 0.3) is 27.1 Å². The minimum atomic E-state index is 0.0518. The molecule has 6 nitrogen and oxygen atoms in total. The summed E-state index contributed by atoms with van der Waals surface area (Å²) in [5, 5.41) is 13.6. The summed E-state index contributed by atoms with van der Waals surface area (Å²) in [6, 6.07) is 8.05. The largest absolute Gasteiger partial charge is 0.395 e. The molecule has 26 heavy (non-hydrogen) atoms.